The minimum Gasteiger partial charge on any atom is -0.470 e. The minimum atomic E-state index is -4.32. The van der Waals surface area contributed by atoms with Crippen LogP contribution >= 0.6 is 0 Å². The van der Waals surface area contributed by atoms with Crippen LogP contribution in [0.5, 0.6) is 5.88 Å². The Morgan fingerprint density at radius 2 is 1.92 bits per heavy atom. The summed E-state index contributed by atoms with van der Waals surface area (Å²) in [5.74, 6) is -4.87. The molecule has 6 nitrogen and oxygen atoms in total. The quantitative estimate of drug-likeness (QED) is 0.688. The van der Waals surface area contributed by atoms with Gasteiger partial charge in [0.25, 0.3) is 0 Å². The molecule has 136 valence electrons. The zero-order chi connectivity index (χ0) is 18.7. The second kappa shape index (κ2) is 7.30. The molecule has 0 saturated heterocycles. The molecule has 2 rings (SSSR count). The van der Waals surface area contributed by atoms with Crippen LogP contribution < -0.4 is 4.74 Å². The largest absolute Gasteiger partial charge is 0.470 e. The Labute approximate surface area is 140 Å². The van der Waals surface area contributed by atoms with Gasteiger partial charge in [0, 0.05) is 12.3 Å². The molecule has 2 aromatic rings. The summed E-state index contributed by atoms with van der Waals surface area (Å²) in [5.41, 5.74) is 0.113. The van der Waals surface area contributed by atoms with E-state index in [0.29, 0.717) is 0 Å². The van der Waals surface area contributed by atoms with Gasteiger partial charge in [-0.05, 0) is 18.2 Å². The first-order valence-electron chi connectivity index (χ1n) is 6.98. The molecular weight excluding hydrogens is 366 g/mol. The van der Waals surface area contributed by atoms with E-state index in [1.54, 1.807) is 0 Å². The lowest BCUT2D eigenvalue weighted by Gasteiger charge is -2.15. The molecule has 0 N–H and O–H groups in total. The molecule has 2 aromatic heterocycles. The van der Waals surface area contributed by atoms with Gasteiger partial charge in [0.2, 0.25) is 5.88 Å². The maximum absolute atomic E-state index is 12.8. The number of aromatic nitrogens is 3. The molecule has 0 aliphatic rings. The van der Waals surface area contributed by atoms with Crippen LogP contribution in [0.1, 0.15) is 6.92 Å². The van der Waals surface area contributed by atoms with Gasteiger partial charge in [-0.3, -0.25) is 4.98 Å². The molecule has 0 spiro atoms. The first kappa shape index (κ1) is 19.0. The van der Waals surface area contributed by atoms with Crippen LogP contribution in [0.3, 0.4) is 0 Å². The molecule has 0 aliphatic carbocycles. The van der Waals surface area contributed by atoms with Gasteiger partial charge in [-0.2, -0.15) is 8.78 Å². The topological polar surface area (TPSA) is 82.0 Å². The average molecular weight is 379 g/mol. The van der Waals surface area contributed by atoms with E-state index in [-0.39, 0.29) is 22.0 Å². The molecular formula is C14H13F4N3O3S. The number of nitrogens with zero attached hydrogens (tertiary/aromatic N) is 3. The van der Waals surface area contributed by atoms with Gasteiger partial charge in [-0.1, -0.05) is 6.92 Å². The van der Waals surface area contributed by atoms with Crippen molar-refractivity contribution in [3.63, 3.8) is 0 Å². The second-order valence-electron chi connectivity index (χ2n) is 4.86. The van der Waals surface area contributed by atoms with Crippen LogP contribution in [0, 0.1) is 0 Å². The Hall–Kier alpha value is -2.30. The van der Waals surface area contributed by atoms with E-state index in [9.17, 15) is 26.0 Å². The normalized spacial score (nSPS) is 12.4. The smallest absolute Gasteiger partial charge is 0.340 e. The Bertz CT molecular complexity index is 829. The second-order valence-corrected chi connectivity index (χ2v) is 7.11. The lowest BCUT2D eigenvalue weighted by molar-refractivity contribution is -0.148. The molecule has 2 heterocycles. The molecule has 0 fully saturated rings. The summed E-state index contributed by atoms with van der Waals surface area (Å²) < 4.78 is 78.4. The number of pyridine rings is 1. The SMILES string of the molecule is CCS(=O)(=O)c1cccnc1-c1ccc(OCC(F)(F)C(F)F)nn1. The van der Waals surface area contributed by atoms with Crippen molar-refractivity contribution in [1.82, 2.24) is 15.2 Å². The van der Waals surface area contributed by atoms with Crippen LogP contribution in [-0.4, -0.2) is 48.3 Å². The third-order valence-electron chi connectivity index (χ3n) is 3.10. The summed E-state index contributed by atoms with van der Waals surface area (Å²) in [6, 6.07) is 5.17. The Morgan fingerprint density at radius 3 is 2.48 bits per heavy atom. The molecule has 25 heavy (non-hydrogen) atoms. The molecule has 11 heteroatoms. The number of hydrogen-bond acceptors (Lipinski definition) is 6. The van der Waals surface area contributed by atoms with E-state index in [1.165, 1.54) is 31.3 Å². The number of ether oxygens (including phenoxy) is 1. The number of sulfone groups is 1. The highest BCUT2D eigenvalue weighted by atomic mass is 32.2. The molecule has 0 bridgehead atoms. The lowest BCUT2D eigenvalue weighted by Crippen LogP contribution is -2.33. The van der Waals surface area contributed by atoms with Crippen LogP contribution in [0.2, 0.25) is 0 Å². The molecule has 0 atom stereocenters. The fourth-order valence-corrected chi connectivity index (χ4v) is 2.79. The Balaban J connectivity index is 2.25. The summed E-state index contributed by atoms with van der Waals surface area (Å²) in [6.45, 7) is -0.0876. The van der Waals surface area contributed by atoms with Gasteiger partial charge >= 0.3 is 12.3 Å². The van der Waals surface area contributed by atoms with E-state index < -0.39 is 34.7 Å². The van der Waals surface area contributed by atoms with E-state index in [0.717, 1.165) is 6.07 Å². The number of alkyl halides is 4. The van der Waals surface area contributed by atoms with Gasteiger partial charge in [0.05, 0.1) is 10.6 Å². The van der Waals surface area contributed by atoms with Crippen molar-refractivity contribution in [3.05, 3.63) is 30.5 Å². The molecule has 0 aromatic carbocycles. The van der Waals surface area contributed by atoms with Crippen molar-refractivity contribution in [3.8, 4) is 17.3 Å². The highest BCUT2D eigenvalue weighted by molar-refractivity contribution is 7.91. The van der Waals surface area contributed by atoms with Gasteiger partial charge in [-0.25, -0.2) is 17.2 Å². The van der Waals surface area contributed by atoms with E-state index in [4.69, 9.17) is 0 Å². The molecule has 0 unspecified atom stereocenters. The Kier molecular flexibility index (Phi) is 5.55. The molecule has 0 radical (unpaired) electrons. The summed E-state index contributed by atoms with van der Waals surface area (Å²) in [5, 5.41) is 7.15. The monoisotopic (exact) mass is 379 g/mol. The van der Waals surface area contributed by atoms with Crippen molar-refractivity contribution in [1.29, 1.82) is 0 Å². The van der Waals surface area contributed by atoms with Crippen molar-refractivity contribution in [2.45, 2.75) is 24.2 Å². The van der Waals surface area contributed by atoms with Crippen molar-refractivity contribution in [2.75, 3.05) is 12.4 Å². The highest BCUT2D eigenvalue weighted by Crippen LogP contribution is 2.26. The maximum atomic E-state index is 12.8. The van der Waals surface area contributed by atoms with Crippen LogP contribution in [0.25, 0.3) is 11.4 Å². The van der Waals surface area contributed by atoms with Crippen molar-refractivity contribution in [2.24, 2.45) is 0 Å². The number of hydrogen-bond donors (Lipinski definition) is 0. The molecule has 0 saturated carbocycles. The third kappa shape index (κ3) is 4.41. The predicted molar refractivity (Wildman–Crippen MR) is 79.4 cm³/mol. The van der Waals surface area contributed by atoms with Gasteiger partial charge in [0.1, 0.15) is 11.4 Å². The third-order valence-corrected chi connectivity index (χ3v) is 4.86. The summed E-state index contributed by atoms with van der Waals surface area (Å²) in [6.07, 6.45) is -2.51. The van der Waals surface area contributed by atoms with Crippen molar-refractivity contribution >= 4 is 9.84 Å². The predicted octanol–water partition coefficient (Wildman–Crippen LogP) is 2.61. The fraction of sp³-hybridized carbons (Fsp3) is 0.357. The van der Waals surface area contributed by atoms with Gasteiger partial charge < -0.3 is 4.74 Å². The fourth-order valence-electron chi connectivity index (χ4n) is 1.75. The van der Waals surface area contributed by atoms with E-state index >= 15 is 0 Å². The number of halogens is 4. The minimum absolute atomic E-state index is 0.0429. The van der Waals surface area contributed by atoms with E-state index in [1.807, 2.05) is 0 Å². The highest BCUT2D eigenvalue weighted by Gasteiger charge is 2.41. The average Bonchev–Trinajstić information content (AvgIpc) is 2.60. The Morgan fingerprint density at radius 1 is 1.20 bits per heavy atom. The first-order valence-corrected chi connectivity index (χ1v) is 8.63. The van der Waals surface area contributed by atoms with Crippen LogP contribution in [-0.2, 0) is 9.84 Å². The summed E-state index contributed by atoms with van der Waals surface area (Å²) in [7, 11) is -3.57. The van der Waals surface area contributed by atoms with Gasteiger partial charge in [-0.15, -0.1) is 10.2 Å². The molecule has 0 amide bonds. The lowest BCUT2D eigenvalue weighted by atomic mass is 10.2. The maximum Gasteiger partial charge on any atom is 0.340 e. The van der Waals surface area contributed by atoms with Gasteiger partial charge in [0.15, 0.2) is 16.4 Å². The summed E-state index contributed by atoms with van der Waals surface area (Å²) in [4.78, 5) is 3.91. The van der Waals surface area contributed by atoms with Crippen molar-refractivity contribution < 1.29 is 30.7 Å². The standard InChI is InChI=1S/C14H13F4N3O3S/c1-2-25(22,23)10-4-3-7-19-12(10)9-5-6-11(21-20-9)24-8-14(17,18)13(15)16/h3-7,13H,2,8H2,1H3. The van der Waals surface area contributed by atoms with Crippen LogP contribution in [0.15, 0.2) is 35.4 Å². The molecule has 0 aliphatic heterocycles. The van der Waals surface area contributed by atoms with E-state index in [2.05, 4.69) is 19.9 Å². The first-order chi connectivity index (χ1) is 11.7. The summed E-state index contributed by atoms with van der Waals surface area (Å²) >= 11 is 0. The zero-order valence-corrected chi connectivity index (χ0v) is 13.7. The zero-order valence-electron chi connectivity index (χ0n) is 12.9. The number of rotatable bonds is 7. The van der Waals surface area contributed by atoms with Crippen LogP contribution in [0.4, 0.5) is 17.6 Å².